The van der Waals surface area contributed by atoms with Gasteiger partial charge in [0.25, 0.3) is 0 Å². The monoisotopic (exact) mass is 291 g/mol. The lowest BCUT2D eigenvalue weighted by Gasteiger charge is -2.12. The molecule has 0 saturated heterocycles. The second-order valence-corrected chi connectivity index (χ2v) is 5.02. The maximum Gasteiger partial charge on any atom is 0.339 e. The standard InChI is InChI=1S/C15H14ClNO3/c1-8-3-9(2)5-11(4-8)20-14-12(15(18)19)6-10(17)7-13(14)16/h3-7H,17H2,1-2H3,(H,18,19). The summed E-state index contributed by atoms with van der Waals surface area (Å²) >= 11 is 6.04. The Kier molecular flexibility index (Phi) is 3.86. The minimum absolute atomic E-state index is 0.0610. The zero-order chi connectivity index (χ0) is 14.9. The van der Waals surface area contributed by atoms with Crippen LogP contribution in [0.3, 0.4) is 0 Å². The summed E-state index contributed by atoms with van der Waals surface area (Å²) in [6.07, 6.45) is 0. The van der Waals surface area contributed by atoms with Crippen LogP contribution in [0.1, 0.15) is 21.5 Å². The fourth-order valence-electron chi connectivity index (χ4n) is 1.99. The molecule has 0 aliphatic carbocycles. The molecule has 0 amide bonds. The molecular weight excluding hydrogens is 278 g/mol. The summed E-state index contributed by atoms with van der Waals surface area (Å²) in [5.74, 6) is -0.506. The van der Waals surface area contributed by atoms with E-state index in [2.05, 4.69) is 0 Å². The van der Waals surface area contributed by atoms with Gasteiger partial charge in [-0.1, -0.05) is 17.7 Å². The number of nitrogens with two attached hydrogens (primary N) is 1. The summed E-state index contributed by atoms with van der Waals surface area (Å²) in [6.45, 7) is 3.87. The molecule has 0 spiro atoms. The van der Waals surface area contributed by atoms with E-state index in [0.29, 0.717) is 5.75 Å². The Hall–Kier alpha value is -2.20. The minimum atomic E-state index is -1.14. The number of nitrogen functional groups attached to an aromatic ring is 1. The first-order valence-electron chi connectivity index (χ1n) is 5.95. The number of anilines is 1. The molecule has 0 unspecified atom stereocenters. The molecule has 2 aromatic carbocycles. The van der Waals surface area contributed by atoms with Gasteiger partial charge in [-0.2, -0.15) is 0 Å². The highest BCUT2D eigenvalue weighted by atomic mass is 35.5. The summed E-state index contributed by atoms with van der Waals surface area (Å²) in [4.78, 5) is 11.3. The molecule has 0 fully saturated rings. The van der Waals surface area contributed by atoms with Crippen LogP contribution in [-0.4, -0.2) is 11.1 Å². The molecule has 2 aromatic rings. The number of ether oxygens (including phenoxy) is 1. The third kappa shape index (κ3) is 3.03. The summed E-state index contributed by atoms with van der Waals surface area (Å²) in [5, 5.41) is 9.38. The molecule has 0 bridgehead atoms. The second kappa shape index (κ2) is 5.43. The lowest BCUT2D eigenvalue weighted by Crippen LogP contribution is -2.02. The zero-order valence-electron chi connectivity index (χ0n) is 11.1. The molecule has 0 aliphatic rings. The van der Waals surface area contributed by atoms with Crippen LogP contribution in [0.2, 0.25) is 5.02 Å². The fourth-order valence-corrected chi connectivity index (χ4v) is 2.25. The molecule has 0 heterocycles. The van der Waals surface area contributed by atoms with Crippen molar-refractivity contribution in [3.8, 4) is 11.5 Å². The van der Waals surface area contributed by atoms with Crippen molar-refractivity contribution in [1.29, 1.82) is 0 Å². The molecule has 4 nitrogen and oxygen atoms in total. The average molecular weight is 292 g/mol. The Labute approximate surface area is 121 Å². The predicted octanol–water partition coefficient (Wildman–Crippen LogP) is 4.03. The smallest absolute Gasteiger partial charge is 0.339 e. The van der Waals surface area contributed by atoms with E-state index in [4.69, 9.17) is 22.1 Å². The van der Waals surface area contributed by atoms with E-state index in [0.717, 1.165) is 11.1 Å². The van der Waals surface area contributed by atoms with E-state index in [1.54, 1.807) is 0 Å². The van der Waals surface area contributed by atoms with Crippen molar-refractivity contribution in [2.45, 2.75) is 13.8 Å². The first-order chi connectivity index (χ1) is 9.36. The summed E-state index contributed by atoms with van der Waals surface area (Å²) < 4.78 is 5.65. The number of carbonyl (C=O) groups is 1. The first kappa shape index (κ1) is 14.2. The topological polar surface area (TPSA) is 72.5 Å². The van der Waals surface area contributed by atoms with Gasteiger partial charge >= 0.3 is 5.97 Å². The van der Waals surface area contributed by atoms with Crippen molar-refractivity contribution in [3.05, 3.63) is 52.0 Å². The molecule has 20 heavy (non-hydrogen) atoms. The SMILES string of the molecule is Cc1cc(C)cc(Oc2c(Cl)cc(N)cc2C(=O)O)c1. The Morgan fingerprint density at radius 1 is 1.15 bits per heavy atom. The van der Waals surface area contributed by atoms with Gasteiger partial charge < -0.3 is 15.6 Å². The number of halogens is 1. The van der Waals surface area contributed by atoms with Gasteiger partial charge in [0.1, 0.15) is 11.3 Å². The van der Waals surface area contributed by atoms with Gasteiger partial charge in [0.05, 0.1) is 5.02 Å². The lowest BCUT2D eigenvalue weighted by atomic mass is 10.1. The number of hydrogen-bond donors (Lipinski definition) is 2. The first-order valence-corrected chi connectivity index (χ1v) is 6.33. The van der Waals surface area contributed by atoms with Crippen LogP contribution in [0.4, 0.5) is 5.69 Å². The van der Waals surface area contributed by atoms with Crippen LogP contribution < -0.4 is 10.5 Å². The van der Waals surface area contributed by atoms with Crippen molar-refractivity contribution >= 4 is 23.3 Å². The molecule has 104 valence electrons. The van der Waals surface area contributed by atoms with Crippen LogP contribution in [0.15, 0.2) is 30.3 Å². The van der Waals surface area contributed by atoms with Gasteiger partial charge in [0.2, 0.25) is 0 Å². The van der Waals surface area contributed by atoms with Gasteiger partial charge in [0, 0.05) is 5.69 Å². The largest absolute Gasteiger partial charge is 0.478 e. The molecule has 0 atom stereocenters. The van der Waals surface area contributed by atoms with Crippen molar-refractivity contribution in [3.63, 3.8) is 0 Å². The maximum atomic E-state index is 11.3. The maximum absolute atomic E-state index is 11.3. The fraction of sp³-hybridized carbons (Fsp3) is 0.133. The average Bonchev–Trinajstić information content (AvgIpc) is 2.30. The minimum Gasteiger partial charge on any atom is -0.478 e. The molecule has 2 rings (SSSR count). The van der Waals surface area contributed by atoms with Gasteiger partial charge in [-0.3, -0.25) is 0 Å². The normalized spacial score (nSPS) is 10.3. The highest BCUT2D eigenvalue weighted by molar-refractivity contribution is 6.33. The molecular formula is C15H14ClNO3. The van der Waals surface area contributed by atoms with E-state index >= 15 is 0 Å². The third-order valence-corrected chi connectivity index (χ3v) is 2.99. The van der Waals surface area contributed by atoms with E-state index in [9.17, 15) is 9.90 Å². The summed E-state index contributed by atoms with van der Waals surface area (Å²) in [5.41, 5.74) is 7.86. The number of rotatable bonds is 3. The van der Waals surface area contributed by atoms with Gasteiger partial charge in [0.15, 0.2) is 5.75 Å². The Bertz CT molecular complexity index is 663. The predicted molar refractivity (Wildman–Crippen MR) is 78.8 cm³/mol. The Balaban J connectivity index is 2.50. The van der Waals surface area contributed by atoms with Crippen LogP contribution >= 0.6 is 11.6 Å². The summed E-state index contributed by atoms with van der Waals surface area (Å²) in [7, 11) is 0. The van der Waals surface area contributed by atoms with Gasteiger partial charge in [-0.25, -0.2) is 4.79 Å². The summed E-state index contributed by atoms with van der Waals surface area (Å²) in [6, 6.07) is 8.41. The van der Waals surface area contributed by atoms with Gasteiger partial charge in [-0.05, 0) is 49.2 Å². The van der Waals surface area contributed by atoms with Gasteiger partial charge in [-0.15, -0.1) is 0 Å². The van der Waals surface area contributed by atoms with Crippen molar-refractivity contribution < 1.29 is 14.6 Å². The van der Waals surface area contributed by atoms with Crippen LogP contribution in [-0.2, 0) is 0 Å². The number of carboxylic acids is 1. The second-order valence-electron chi connectivity index (χ2n) is 4.61. The third-order valence-electron chi connectivity index (χ3n) is 2.71. The van der Waals surface area contributed by atoms with E-state index in [1.165, 1.54) is 12.1 Å². The molecule has 3 N–H and O–H groups in total. The molecule has 0 aromatic heterocycles. The number of aromatic carboxylic acids is 1. The Morgan fingerprint density at radius 2 is 1.75 bits per heavy atom. The number of carboxylic acid groups (broad SMARTS) is 1. The molecule has 0 saturated carbocycles. The van der Waals surface area contributed by atoms with E-state index in [-0.39, 0.29) is 22.0 Å². The highest BCUT2D eigenvalue weighted by Crippen LogP contribution is 2.35. The quantitative estimate of drug-likeness (QED) is 0.837. The zero-order valence-corrected chi connectivity index (χ0v) is 11.9. The van der Waals surface area contributed by atoms with E-state index in [1.807, 2.05) is 32.0 Å². The van der Waals surface area contributed by atoms with Crippen LogP contribution in [0.5, 0.6) is 11.5 Å². The molecule has 0 radical (unpaired) electrons. The Morgan fingerprint density at radius 3 is 2.30 bits per heavy atom. The lowest BCUT2D eigenvalue weighted by molar-refractivity contribution is 0.0694. The van der Waals surface area contributed by atoms with Crippen LogP contribution in [0, 0.1) is 13.8 Å². The van der Waals surface area contributed by atoms with Crippen molar-refractivity contribution in [1.82, 2.24) is 0 Å². The number of benzene rings is 2. The van der Waals surface area contributed by atoms with Crippen LogP contribution in [0.25, 0.3) is 0 Å². The van der Waals surface area contributed by atoms with Crippen molar-refractivity contribution in [2.24, 2.45) is 0 Å². The van der Waals surface area contributed by atoms with Crippen molar-refractivity contribution in [2.75, 3.05) is 5.73 Å². The molecule has 0 aliphatic heterocycles. The number of hydrogen-bond acceptors (Lipinski definition) is 3. The highest BCUT2D eigenvalue weighted by Gasteiger charge is 2.17. The number of aryl methyl sites for hydroxylation is 2. The van der Waals surface area contributed by atoms with E-state index < -0.39 is 5.97 Å². The molecule has 5 heteroatoms.